The van der Waals surface area contributed by atoms with Crippen LogP contribution in [0.2, 0.25) is 0 Å². The Morgan fingerprint density at radius 3 is 2.95 bits per heavy atom. The van der Waals surface area contributed by atoms with E-state index in [0.717, 1.165) is 35.9 Å². The Kier molecular flexibility index (Phi) is 3.24. The predicted octanol–water partition coefficient (Wildman–Crippen LogP) is 3.74. The normalized spacial score (nSPS) is 26.2. The Morgan fingerprint density at radius 2 is 2.25 bits per heavy atom. The fraction of sp³-hybridized carbons (Fsp3) is 0.500. The van der Waals surface area contributed by atoms with Gasteiger partial charge in [0.15, 0.2) is 11.5 Å². The number of hydrogen-bond donors (Lipinski definition) is 1. The Balaban J connectivity index is 1.98. The largest absolute Gasteiger partial charge is 0.481 e. The molecule has 1 N–H and O–H groups in total. The van der Waals surface area contributed by atoms with Crippen LogP contribution in [0.3, 0.4) is 0 Å². The highest BCUT2D eigenvalue weighted by molar-refractivity contribution is 5.74. The molecule has 0 bridgehead atoms. The first kappa shape index (κ1) is 13.2. The lowest BCUT2D eigenvalue weighted by Crippen LogP contribution is -2.17. The van der Waals surface area contributed by atoms with E-state index in [2.05, 4.69) is 11.9 Å². The van der Waals surface area contributed by atoms with Crippen LogP contribution in [0.4, 0.5) is 0 Å². The predicted molar refractivity (Wildman–Crippen MR) is 75.6 cm³/mol. The number of fused-ring (bicyclic) bond motifs is 1. The number of nitrogens with zero attached hydrogens (tertiary/aromatic N) is 1. The van der Waals surface area contributed by atoms with Crippen molar-refractivity contribution in [1.29, 1.82) is 0 Å². The number of carbonyl (C=O) groups is 1. The highest BCUT2D eigenvalue weighted by Gasteiger charge is 2.41. The average molecular weight is 273 g/mol. The summed E-state index contributed by atoms with van der Waals surface area (Å²) >= 11 is 0. The van der Waals surface area contributed by atoms with Crippen molar-refractivity contribution in [3.8, 4) is 0 Å². The number of oxazole rings is 1. The molecule has 3 atom stereocenters. The smallest absolute Gasteiger partial charge is 0.307 e. The molecule has 0 radical (unpaired) electrons. The minimum Gasteiger partial charge on any atom is -0.481 e. The zero-order chi connectivity index (χ0) is 14.3. The molecule has 2 aromatic rings. The molecule has 3 rings (SSSR count). The zero-order valence-corrected chi connectivity index (χ0v) is 11.8. The van der Waals surface area contributed by atoms with Crippen LogP contribution in [-0.4, -0.2) is 16.1 Å². The van der Waals surface area contributed by atoms with Gasteiger partial charge in [-0.15, -0.1) is 0 Å². The standard InChI is InChI=1S/C16H19NO3/c1-3-10-7-11(12(8-10)16(18)19)15-17-13-6-9(2)4-5-14(13)20-15/h4-6,10-12H,3,7-8H2,1-2H3,(H,18,19). The summed E-state index contributed by atoms with van der Waals surface area (Å²) in [6, 6.07) is 5.86. The lowest BCUT2D eigenvalue weighted by molar-refractivity contribution is -0.142. The van der Waals surface area contributed by atoms with Gasteiger partial charge in [-0.3, -0.25) is 4.79 Å². The average Bonchev–Trinajstić information content (AvgIpc) is 3.00. The summed E-state index contributed by atoms with van der Waals surface area (Å²) in [5, 5.41) is 9.41. The van der Waals surface area contributed by atoms with E-state index in [1.54, 1.807) is 0 Å². The molecule has 3 unspecified atom stereocenters. The van der Waals surface area contributed by atoms with E-state index in [0.29, 0.717) is 11.8 Å². The van der Waals surface area contributed by atoms with Gasteiger partial charge >= 0.3 is 5.97 Å². The monoisotopic (exact) mass is 273 g/mol. The molecule has 0 aliphatic heterocycles. The molecule has 0 amide bonds. The maximum atomic E-state index is 11.4. The van der Waals surface area contributed by atoms with Crippen LogP contribution in [0.15, 0.2) is 22.6 Å². The van der Waals surface area contributed by atoms with E-state index in [9.17, 15) is 9.90 Å². The molecule has 4 heteroatoms. The van der Waals surface area contributed by atoms with Gasteiger partial charge in [0.05, 0.1) is 5.92 Å². The highest BCUT2D eigenvalue weighted by Crippen LogP contribution is 2.44. The molecule has 1 aromatic carbocycles. The third kappa shape index (κ3) is 2.19. The third-order valence-electron chi connectivity index (χ3n) is 4.43. The molecule has 0 saturated heterocycles. The van der Waals surface area contributed by atoms with Gasteiger partial charge in [-0.05, 0) is 43.4 Å². The number of rotatable bonds is 3. The van der Waals surface area contributed by atoms with Crippen molar-refractivity contribution < 1.29 is 14.3 Å². The first-order chi connectivity index (χ1) is 9.58. The summed E-state index contributed by atoms with van der Waals surface area (Å²) in [7, 11) is 0. The van der Waals surface area contributed by atoms with Gasteiger partial charge in [-0.25, -0.2) is 4.98 Å². The molecular weight excluding hydrogens is 254 g/mol. The summed E-state index contributed by atoms with van der Waals surface area (Å²) in [4.78, 5) is 16.0. The second kappa shape index (κ2) is 4.93. The Hall–Kier alpha value is -1.84. The molecule has 106 valence electrons. The van der Waals surface area contributed by atoms with Crippen LogP contribution < -0.4 is 0 Å². The maximum absolute atomic E-state index is 11.4. The van der Waals surface area contributed by atoms with Crippen molar-refractivity contribution in [2.24, 2.45) is 11.8 Å². The van der Waals surface area contributed by atoms with Crippen LogP contribution in [-0.2, 0) is 4.79 Å². The second-order valence-electron chi connectivity index (χ2n) is 5.82. The van der Waals surface area contributed by atoms with Crippen molar-refractivity contribution >= 4 is 17.1 Å². The van der Waals surface area contributed by atoms with Gasteiger partial charge in [0, 0.05) is 5.92 Å². The minimum absolute atomic E-state index is 0.0924. The topological polar surface area (TPSA) is 63.3 Å². The van der Waals surface area contributed by atoms with Gasteiger partial charge in [0.25, 0.3) is 0 Å². The molecule has 20 heavy (non-hydrogen) atoms. The molecule has 1 heterocycles. The molecule has 1 fully saturated rings. The SMILES string of the molecule is CCC1CC(C(=O)O)C(c2nc3cc(C)ccc3o2)C1. The van der Waals surface area contributed by atoms with E-state index < -0.39 is 5.97 Å². The number of benzene rings is 1. The molecule has 1 saturated carbocycles. The quantitative estimate of drug-likeness (QED) is 0.925. The Morgan fingerprint density at radius 1 is 1.45 bits per heavy atom. The van der Waals surface area contributed by atoms with E-state index in [-0.39, 0.29) is 11.8 Å². The molecule has 1 aliphatic carbocycles. The first-order valence-electron chi connectivity index (χ1n) is 7.18. The van der Waals surface area contributed by atoms with Crippen molar-refractivity contribution in [3.63, 3.8) is 0 Å². The highest BCUT2D eigenvalue weighted by atomic mass is 16.4. The summed E-state index contributed by atoms with van der Waals surface area (Å²) in [6.07, 6.45) is 2.60. The fourth-order valence-electron chi connectivity index (χ4n) is 3.24. The van der Waals surface area contributed by atoms with Gasteiger partial charge in [-0.1, -0.05) is 19.4 Å². The van der Waals surface area contributed by atoms with E-state index in [4.69, 9.17) is 4.42 Å². The van der Waals surface area contributed by atoms with Gasteiger partial charge in [0.1, 0.15) is 5.52 Å². The fourth-order valence-corrected chi connectivity index (χ4v) is 3.24. The number of aromatic nitrogens is 1. The summed E-state index contributed by atoms with van der Waals surface area (Å²) in [6.45, 7) is 4.12. The number of carboxylic acids is 1. The van der Waals surface area contributed by atoms with Crippen LogP contribution >= 0.6 is 0 Å². The number of hydrogen-bond acceptors (Lipinski definition) is 3. The van der Waals surface area contributed by atoms with E-state index >= 15 is 0 Å². The van der Waals surface area contributed by atoms with Crippen LogP contribution in [0.1, 0.15) is 43.6 Å². The minimum atomic E-state index is -0.732. The lowest BCUT2D eigenvalue weighted by atomic mass is 9.96. The molecule has 1 aromatic heterocycles. The van der Waals surface area contributed by atoms with Gasteiger partial charge in [0.2, 0.25) is 0 Å². The number of carboxylic acid groups (broad SMARTS) is 1. The second-order valence-corrected chi connectivity index (χ2v) is 5.82. The first-order valence-corrected chi connectivity index (χ1v) is 7.18. The molecule has 0 spiro atoms. The summed E-state index contributed by atoms with van der Waals surface area (Å²) in [5.41, 5.74) is 2.70. The zero-order valence-electron chi connectivity index (χ0n) is 11.8. The van der Waals surface area contributed by atoms with Gasteiger partial charge < -0.3 is 9.52 Å². The van der Waals surface area contributed by atoms with E-state index in [1.807, 2.05) is 25.1 Å². The Bertz CT molecular complexity index is 646. The van der Waals surface area contributed by atoms with Gasteiger partial charge in [-0.2, -0.15) is 0 Å². The molecule has 1 aliphatic rings. The van der Waals surface area contributed by atoms with Crippen LogP contribution in [0.5, 0.6) is 0 Å². The number of aryl methyl sites for hydroxylation is 1. The van der Waals surface area contributed by atoms with E-state index in [1.165, 1.54) is 0 Å². The lowest BCUT2D eigenvalue weighted by Gasteiger charge is -2.10. The third-order valence-corrected chi connectivity index (χ3v) is 4.43. The summed E-state index contributed by atoms with van der Waals surface area (Å²) in [5.74, 6) is -0.143. The van der Waals surface area contributed by atoms with Crippen molar-refractivity contribution in [3.05, 3.63) is 29.7 Å². The van der Waals surface area contributed by atoms with Crippen LogP contribution in [0, 0.1) is 18.8 Å². The van der Waals surface area contributed by atoms with Crippen molar-refractivity contribution in [2.75, 3.05) is 0 Å². The molecular formula is C16H19NO3. The van der Waals surface area contributed by atoms with Crippen molar-refractivity contribution in [2.45, 2.75) is 39.0 Å². The molecule has 4 nitrogen and oxygen atoms in total. The van der Waals surface area contributed by atoms with Crippen molar-refractivity contribution in [1.82, 2.24) is 4.98 Å². The maximum Gasteiger partial charge on any atom is 0.307 e. The summed E-state index contributed by atoms with van der Waals surface area (Å²) < 4.78 is 5.81. The Labute approximate surface area is 117 Å². The number of aliphatic carboxylic acids is 1. The van der Waals surface area contributed by atoms with Crippen LogP contribution in [0.25, 0.3) is 11.1 Å².